The average molecular weight is 493 g/mol. The first-order valence-corrected chi connectivity index (χ1v) is 14.2. The van der Waals surface area contributed by atoms with Gasteiger partial charge in [0.05, 0.1) is 10.5 Å². The number of carbonyl (C=O) groups excluding carboxylic acids is 1. The van der Waals surface area contributed by atoms with E-state index in [4.69, 9.17) is 4.74 Å². The van der Waals surface area contributed by atoms with Crippen LogP contribution < -0.4 is 5.32 Å². The summed E-state index contributed by atoms with van der Waals surface area (Å²) in [5.41, 5.74) is 0.284. The van der Waals surface area contributed by atoms with Crippen molar-refractivity contribution in [1.29, 1.82) is 0 Å². The first-order chi connectivity index (χ1) is 17.0. The molecule has 184 valence electrons. The summed E-state index contributed by atoms with van der Waals surface area (Å²) in [5, 5.41) is 14.5. The third-order valence-corrected chi connectivity index (χ3v) is 10.3. The van der Waals surface area contributed by atoms with Crippen molar-refractivity contribution >= 4 is 21.7 Å². The third-order valence-electron chi connectivity index (χ3n) is 6.63. The molecule has 2 atom stereocenters. The Morgan fingerprint density at radius 2 is 1.63 bits per heavy atom. The van der Waals surface area contributed by atoms with E-state index in [-0.39, 0.29) is 11.8 Å². The Morgan fingerprint density at radius 1 is 1.03 bits per heavy atom. The maximum absolute atomic E-state index is 13.1. The van der Waals surface area contributed by atoms with Crippen LogP contribution in [0.25, 0.3) is 0 Å². The summed E-state index contributed by atoms with van der Waals surface area (Å²) in [4.78, 5) is 26.1. The van der Waals surface area contributed by atoms with Crippen LogP contribution in [0.4, 0.5) is 5.69 Å². The molecular weight excluding hydrogens is 460 g/mol. The second-order valence-electron chi connectivity index (χ2n) is 9.08. The Kier molecular flexibility index (Phi) is 8.21. The number of nitrogens with one attached hydrogen (secondary N) is 1. The maximum Gasteiger partial charge on any atom is 0.338 e. The summed E-state index contributed by atoms with van der Waals surface area (Å²) in [6.45, 7) is 1.04. The Balaban J connectivity index is 1.59. The van der Waals surface area contributed by atoms with E-state index in [1.165, 1.54) is 40.5 Å². The highest BCUT2D eigenvalue weighted by atomic mass is 32.3. The smallest absolute Gasteiger partial charge is 0.338 e. The number of hydrogen-bond donors (Lipinski definition) is 1. The molecule has 0 amide bonds. The molecule has 6 nitrogen and oxygen atoms in total. The lowest BCUT2D eigenvalue weighted by atomic mass is 10.1. The van der Waals surface area contributed by atoms with E-state index < -0.39 is 20.9 Å². The third kappa shape index (κ3) is 6.29. The minimum Gasteiger partial charge on any atom is -0.458 e. The first kappa shape index (κ1) is 24.9. The molecule has 1 N–H and O–H groups in total. The number of rotatable bonds is 10. The van der Waals surface area contributed by atoms with Crippen LogP contribution in [0.1, 0.15) is 36.0 Å². The molecule has 1 unspecified atom stereocenters. The van der Waals surface area contributed by atoms with E-state index in [1.807, 2.05) is 12.1 Å². The van der Waals surface area contributed by atoms with Gasteiger partial charge in [0.1, 0.15) is 6.10 Å². The Bertz CT molecular complexity index is 1080. The Hall–Kier alpha value is -3.16. The van der Waals surface area contributed by atoms with E-state index in [9.17, 15) is 14.9 Å². The second-order valence-corrected chi connectivity index (χ2v) is 12.5. The van der Waals surface area contributed by atoms with E-state index in [2.05, 4.69) is 60.1 Å². The molecule has 3 aromatic rings. The molecule has 1 saturated heterocycles. The predicted molar refractivity (Wildman–Crippen MR) is 140 cm³/mol. The molecule has 1 heterocycles. The van der Waals surface area contributed by atoms with Crippen molar-refractivity contribution < 1.29 is 14.5 Å². The number of esters is 1. The lowest BCUT2D eigenvalue weighted by molar-refractivity contribution is -0.384. The van der Waals surface area contributed by atoms with Crippen molar-refractivity contribution in [2.24, 2.45) is 0 Å². The predicted octanol–water partition coefficient (Wildman–Crippen LogP) is 6.21. The molecule has 4 rings (SSSR count). The normalized spacial score (nSPS) is 17.0. The molecule has 0 aromatic heterocycles. The zero-order valence-electron chi connectivity index (χ0n) is 20.0. The van der Waals surface area contributed by atoms with Gasteiger partial charge in [0.15, 0.2) is 0 Å². The van der Waals surface area contributed by atoms with Crippen LogP contribution in [-0.2, 0) is 4.74 Å². The monoisotopic (exact) mass is 492 g/mol. The van der Waals surface area contributed by atoms with Gasteiger partial charge in [-0.05, 0) is 84.7 Å². The van der Waals surface area contributed by atoms with Gasteiger partial charge >= 0.3 is 5.97 Å². The quantitative estimate of drug-likeness (QED) is 0.207. The summed E-state index contributed by atoms with van der Waals surface area (Å²) in [6, 6.07) is 27.0. The average Bonchev–Trinajstić information content (AvgIpc) is 3.42. The van der Waals surface area contributed by atoms with Crippen LogP contribution in [0.15, 0.2) is 94.7 Å². The molecule has 1 fully saturated rings. The second kappa shape index (κ2) is 11.5. The molecule has 0 spiro atoms. The molecule has 0 saturated carbocycles. The fourth-order valence-corrected chi connectivity index (χ4v) is 7.80. The lowest BCUT2D eigenvalue weighted by Crippen LogP contribution is -2.29. The van der Waals surface area contributed by atoms with Crippen molar-refractivity contribution in [3.05, 3.63) is 101 Å². The van der Waals surface area contributed by atoms with Crippen LogP contribution >= 0.6 is 10.0 Å². The zero-order valence-corrected chi connectivity index (χ0v) is 20.8. The molecule has 35 heavy (non-hydrogen) atoms. The topological polar surface area (TPSA) is 81.5 Å². The zero-order chi connectivity index (χ0) is 24.7. The van der Waals surface area contributed by atoms with Gasteiger partial charge < -0.3 is 10.1 Å². The number of ether oxygens (including phenoxy) is 1. The molecule has 1 aliphatic heterocycles. The SMILES string of the molecule is CS(CC(CC[C@@H]1CCCN1)OC(=O)c1ccc([N+](=O)[O-])cc1)(c1ccccc1)c1ccccc1. The van der Waals surface area contributed by atoms with Crippen molar-refractivity contribution in [2.45, 2.75) is 47.6 Å². The molecule has 0 aliphatic carbocycles. The Labute approximate surface area is 208 Å². The van der Waals surface area contributed by atoms with Gasteiger partial charge in [-0.15, -0.1) is 0 Å². The number of nitro groups is 1. The summed E-state index contributed by atoms with van der Waals surface area (Å²) in [5.74, 6) is 0.277. The van der Waals surface area contributed by atoms with Crippen molar-refractivity contribution in [3.63, 3.8) is 0 Å². The van der Waals surface area contributed by atoms with Gasteiger partial charge in [0.25, 0.3) is 5.69 Å². The van der Waals surface area contributed by atoms with E-state index in [1.54, 1.807) is 0 Å². The number of non-ortho nitro benzene ring substituents is 1. The van der Waals surface area contributed by atoms with Crippen LogP contribution in [0.2, 0.25) is 0 Å². The van der Waals surface area contributed by atoms with Crippen LogP contribution in [0, 0.1) is 10.1 Å². The number of nitrogens with zero attached hydrogens (tertiary/aromatic N) is 1. The van der Waals surface area contributed by atoms with Gasteiger partial charge in [-0.25, -0.2) is 4.79 Å². The highest BCUT2D eigenvalue weighted by Gasteiger charge is 2.30. The van der Waals surface area contributed by atoms with Gasteiger partial charge in [-0.1, -0.05) is 36.4 Å². The summed E-state index contributed by atoms with van der Waals surface area (Å²) >= 11 is 0. The Morgan fingerprint density at radius 3 is 2.14 bits per heavy atom. The summed E-state index contributed by atoms with van der Waals surface area (Å²) < 4.78 is 6.12. The van der Waals surface area contributed by atoms with Gasteiger partial charge in [0, 0.05) is 23.9 Å². The van der Waals surface area contributed by atoms with Gasteiger partial charge in [0.2, 0.25) is 0 Å². The minimum atomic E-state index is -1.47. The molecule has 0 radical (unpaired) electrons. The molecule has 7 heteroatoms. The number of hydrogen-bond acceptors (Lipinski definition) is 5. The van der Waals surface area contributed by atoms with E-state index in [0.717, 1.165) is 25.8 Å². The first-order valence-electron chi connectivity index (χ1n) is 12.0. The minimum absolute atomic E-state index is 0.0458. The van der Waals surface area contributed by atoms with Crippen LogP contribution in [-0.4, -0.2) is 41.6 Å². The van der Waals surface area contributed by atoms with E-state index >= 15 is 0 Å². The standard InChI is InChI=1S/C28H32N2O4S/c1-35(26-10-4-2-5-11-26,27-12-6-3-7-13-27)21-25(19-16-23-9-8-20-29-23)34-28(31)22-14-17-24(18-15-22)30(32)33/h2-7,10-15,17-18,23,25,29H,8-9,16,19-21H2,1H3/t23-,25?/m0/s1. The highest BCUT2D eigenvalue weighted by molar-refractivity contribution is 8.33. The van der Waals surface area contributed by atoms with Crippen LogP contribution in [0.3, 0.4) is 0 Å². The number of carbonyl (C=O) groups is 1. The highest BCUT2D eigenvalue weighted by Crippen LogP contribution is 2.60. The number of nitro benzene ring substituents is 1. The molecular formula is C28H32N2O4S. The molecule has 0 bridgehead atoms. The summed E-state index contributed by atoms with van der Waals surface area (Å²) in [6.07, 6.45) is 6.04. The fourth-order valence-electron chi connectivity index (χ4n) is 4.65. The van der Waals surface area contributed by atoms with Crippen molar-refractivity contribution in [1.82, 2.24) is 5.32 Å². The molecule has 3 aromatic carbocycles. The lowest BCUT2D eigenvalue weighted by Gasteiger charge is -2.40. The van der Waals surface area contributed by atoms with Gasteiger partial charge in [-0.3, -0.25) is 10.1 Å². The maximum atomic E-state index is 13.1. The fraction of sp³-hybridized carbons (Fsp3) is 0.321. The van der Waals surface area contributed by atoms with Crippen molar-refractivity contribution in [2.75, 3.05) is 18.6 Å². The van der Waals surface area contributed by atoms with Crippen LogP contribution in [0.5, 0.6) is 0 Å². The molecule has 1 aliphatic rings. The summed E-state index contributed by atoms with van der Waals surface area (Å²) in [7, 11) is -1.47. The van der Waals surface area contributed by atoms with Crippen molar-refractivity contribution in [3.8, 4) is 0 Å². The largest absolute Gasteiger partial charge is 0.458 e. The van der Waals surface area contributed by atoms with Gasteiger partial charge in [-0.2, -0.15) is 10.0 Å². The van der Waals surface area contributed by atoms with E-state index in [0.29, 0.717) is 17.4 Å². The number of benzene rings is 3.